The first-order valence-corrected chi connectivity index (χ1v) is 8.23. The Kier molecular flexibility index (Phi) is 8.26. The van der Waals surface area contributed by atoms with Crippen molar-refractivity contribution < 1.29 is 9.59 Å². The van der Waals surface area contributed by atoms with Gasteiger partial charge >= 0.3 is 0 Å². The lowest BCUT2D eigenvalue weighted by atomic mass is 10.0. The van der Waals surface area contributed by atoms with Crippen molar-refractivity contribution in [1.29, 1.82) is 0 Å². The van der Waals surface area contributed by atoms with Gasteiger partial charge in [0.15, 0.2) is 0 Å². The van der Waals surface area contributed by atoms with E-state index in [1.54, 1.807) is 7.05 Å². The SMILES string of the molecule is CC.CNc1cccc(C)c1C(=O)NC(C=O)Cc1ccccc1. The van der Waals surface area contributed by atoms with E-state index in [2.05, 4.69) is 10.6 Å². The summed E-state index contributed by atoms with van der Waals surface area (Å²) in [4.78, 5) is 23.8. The number of hydrogen-bond donors (Lipinski definition) is 2. The normalized spacial score (nSPS) is 10.8. The fraction of sp³-hybridized carbons (Fsp3) is 0.300. The number of aldehydes is 1. The molecule has 0 aliphatic carbocycles. The first kappa shape index (κ1) is 19.4. The Labute approximate surface area is 144 Å². The molecule has 0 heterocycles. The van der Waals surface area contributed by atoms with Crippen LogP contribution < -0.4 is 10.6 Å². The van der Waals surface area contributed by atoms with Gasteiger partial charge in [-0.15, -0.1) is 0 Å². The number of anilines is 1. The third kappa shape index (κ3) is 5.23. The van der Waals surface area contributed by atoms with Crippen LogP contribution in [0.3, 0.4) is 0 Å². The Hall–Kier alpha value is -2.62. The fourth-order valence-electron chi connectivity index (χ4n) is 2.42. The van der Waals surface area contributed by atoms with E-state index in [1.807, 2.05) is 69.3 Å². The van der Waals surface area contributed by atoms with Crippen molar-refractivity contribution in [3.8, 4) is 0 Å². The lowest BCUT2D eigenvalue weighted by Gasteiger charge is -2.16. The van der Waals surface area contributed by atoms with Crippen molar-refractivity contribution >= 4 is 17.9 Å². The number of hydrogen-bond acceptors (Lipinski definition) is 3. The summed E-state index contributed by atoms with van der Waals surface area (Å²) in [6.07, 6.45) is 1.26. The van der Waals surface area contributed by atoms with Gasteiger partial charge in [-0.3, -0.25) is 4.79 Å². The highest BCUT2D eigenvalue weighted by Gasteiger charge is 2.17. The molecule has 1 amide bonds. The zero-order chi connectivity index (χ0) is 17.9. The average Bonchev–Trinajstić information content (AvgIpc) is 2.63. The quantitative estimate of drug-likeness (QED) is 0.797. The molecule has 0 bridgehead atoms. The number of carbonyl (C=O) groups excluding carboxylic acids is 2. The van der Waals surface area contributed by atoms with Crippen LogP contribution in [0.5, 0.6) is 0 Å². The summed E-state index contributed by atoms with van der Waals surface area (Å²) in [5.74, 6) is -0.240. The topological polar surface area (TPSA) is 58.2 Å². The van der Waals surface area contributed by atoms with Gasteiger partial charge in [0.05, 0.1) is 11.6 Å². The van der Waals surface area contributed by atoms with Crippen LogP contribution in [0.4, 0.5) is 5.69 Å². The second-order valence-corrected chi connectivity index (χ2v) is 5.15. The number of aryl methyl sites for hydroxylation is 1. The van der Waals surface area contributed by atoms with Gasteiger partial charge < -0.3 is 15.4 Å². The molecule has 0 saturated heterocycles. The molecule has 0 spiro atoms. The Morgan fingerprint density at radius 3 is 2.33 bits per heavy atom. The van der Waals surface area contributed by atoms with Crippen LogP contribution in [0, 0.1) is 6.92 Å². The molecule has 0 aliphatic heterocycles. The third-order valence-electron chi connectivity index (χ3n) is 3.55. The molecular formula is C20H26N2O2. The standard InChI is InChI=1S/C18H20N2O2.C2H6/c1-13-7-6-10-16(19-2)17(13)18(22)20-15(12-21)11-14-8-4-3-5-9-14;1-2/h3-10,12,15,19H,11H2,1-2H3,(H,20,22);1-2H3. The molecule has 2 aromatic rings. The van der Waals surface area contributed by atoms with Crippen molar-refractivity contribution in [2.24, 2.45) is 0 Å². The molecule has 2 N–H and O–H groups in total. The molecule has 2 rings (SSSR count). The predicted molar refractivity (Wildman–Crippen MR) is 99.5 cm³/mol. The maximum absolute atomic E-state index is 12.5. The molecular weight excluding hydrogens is 300 g/mol. The monoisotopic (exact) mass is 326 g/mol. The highest BCUT2D eigenvalue weighted by Crippen LogP contribution is 2.19. The van der Waals surface area contributed by atoms with E-state index in [1.165, 1.54) is 0 Å². The highest BCUT2D eigenvalue weighted by atomic mass is 16.2. The van der Waals surface area contributed by atoms with Gasteiger partial charge in [-0.2, -0.15) is 0 Å². The summed E-state index contributed by atoms with van der Waals surface area (Å²) in [5, 5.41) is 5.81. The first-order valence-electron chi connectivity index (χ1n) is 8.23. The summed E-state index contributed by atoms with van der Waals surface area (Å²) in [6, 6.07) is 14.7. The minimum atomic E-state index is -0.542. The van der Waals surface area contributed by atoms with E-state index in [-0.39, 0.29) is 5.91 Å². The Morgan fingerprint density at radius 1 is 1.08 bits per heavy atom. The molecule has 0 aromatic heterocycles. The summed E-state index contributed by atoms with van der Waals surface area (Å²) >= 11 is 0. The molecule has 4 heteroatoms. The first-order chi connectivity index (χ1) is 11.7. The molecule has 0 fully saturated rings. The number of benzene rings is 2. The maximum atomic E-state index is 12.5. The lowest BCUT2D eigenvalue weighted by Crippen LogP contribution is -2.38. The second kappa shape index (κ2) is 10.2. The molecule has 128 valence electrons. The van der Waals surface area contributed by atoms with Gasteiger partial charge in [0.1, 0.15) is 6.29 Å². The predicted octanol–water partition coefficient (Wildman–Crippen LogP) is 3.60. The molecule has 1 unspecified atom stereocenters. The van der Waals surface area contributed by atoms with Crippen LogP contribution in [-0.2, 0) is 11.2 Å². The van der Waals surface area contributed by atoms with E-state index in [0.717, 1.165) is 23.1 Å². The summed E-state index contributed by atoms with van der Waals surface area (Å²) in [6.45, 7) is 5.88. The van der Waals surface area contributed by atoms with E-state index in [4.69, 9.17) is 0 Å². The minimum absolute atomic E-state index is 0.240. The average molecular weight is 326 g/mol. The van der Waals surface area contributed by atoms with Crippen LogP contribution >= 0.6 is 0 Å². The van der Waals surface area contributed by atoms with E-state index < -0.39 is 6.04 Å². The van der Waals surface area contributed by atoms with E-state index in [9.17, 15) is 9.59 Å². The third-order valence-corrected chi connectivity index (χ3v) is 3.55. The molecule has 4 nitrogen and oxygen atoms in total. The Bertz CT molecular complexity index is 654. The van der Waals surface area contributed by atoms with Crippen molar-refractivity contribution in [2.45, 2.75) is 33.2 Å². The van der Waals surface area contributed by atoms with Gasteiger partial charge in [0.25, 0.3) is 5.91 Å². The molecule has 0 saturated carbocycles. The zero-order valence-electron chi connectivity index (χ0n) is 14.8. The highest BCUT2D eigenvalue weighted by molar-refractivity contribution is 6.02. The Balaban J connectivity index is 0.00000139. The van der Waals surface area contributed by atoms with E-state index >= 15 is 0 Å². The van der Waals surface area contributed by atoms with Crippen molar-refractivity contribution in [1.82, 2.24) is 5.32 Å². The Morgan fingerprint density at radius 2 is 1.75 bits per heavy atom. The van der Waals surface area contributed by atoms with Gasteiger partial charge in [0.2, 0.25) is 0 Å². The molecule has 0 radical (unpaired) electrons. The lowest BCUT2D eigenvalue weighted by molar-refractivity contribution is -0.109. The van der Waals surface area contributed by atoms with Crippen molar-refractivity contribution in [2.75, 3.05) is 12.4 Å². The number of carbonyl (C=O) groups is 2. The smallest absolute Gasteiger partial charge is 0.254 e. The molecule has 1 atom stereocenters. The molecule has 24 heavy (non-hydrogen) atoms. The summed E-state index contributed by atoms with van der Waals surface area (Å²) in [7, 11) is 1.77. The van der Waals surface area contributed by atoms with Gasteiger partial charge in [-0.05, 0) is 30.5 Å². The van der Waals surface area contributed by atoms with Crippen LogP contribution in [0.15, 0.2) is 48.5 Å². The van der Waals surface area contributed by atoms with Gasteiger partial charge in [-0.1, -0.05) is 56.3 Å². The zero-order valence-corrected chi connectivity index (χ0v) is 14.8. The maximum Gasteiger partial charge on any atom is 0.254 e. The minimum Gasteiger partial charge on any atom is -0.387 e. The summed E-state index contributed by atoms with van der Waals surface area (Å²) in [5.41, 5.74) is 3.21. The molecule has 0 aliphatic rings. The van der Waals surface area contributed by atoms with Crippen LogP contribution in [0.25, 0.3) is 0 Å². The van der Waals surface area contributed by atoms with Crippen molar-refractivity contribution in [3.05, 3.63) is 65.2 Å². The number of nitrogens with one attached hydrogen (secondary N) is 2. The van der Waals surface area contributed by atoms with Gasteiger partial charge in [0, 0.05) is 12.7 Å². The van der Waals surface area contributed by atoms with E-state index in [0.29, 0.717) is 12.0 Å². The van der Waals surface area contributed by atoms with Crippen LogP contribution in [0.1, 0.15) is 35.3 Å². The number of amides is 1. The number of rotatable bonds is 6. The van der Waals surface area contributed by atoms with Gasteiger partial charge in [-0.25, -0.2) is 0 Å². The molecule has 2 aromatic carbocycles. The summed E-state index contributed by atoms with van der Waals surface area (Å²) < 4.78 is 0. The largest absolute Gasteiger partial charge is 0.387 e. The van der Waals surface area contributed by atoms with Crippen LogP contribution in [0.2, 0.25) is 0 Å². The second-order valence-electron chi connectivity index (χ2n) is 5.15. The van der Waals surface area contributed by atoms with Crippen LogP contribution in [-0.4, -0.2) is 25.3 Å². The van der Waals surface area contributed by atoms with Crippen molar-refractivity contribution in [3.63, 3.8) is 0 Å². The fourth-order valence-corrected chi connectivity index (χ4v) is 2.42.